The molecule has 1 fully saturated rings. The number of nitrogens with zero attached hydrogens (tertiary/aromatic N) is 4. The lowest BCUT2D eigenvalue weighted by molar-refractivity contribution is -0.274. The maximum atomic E-state index is 12.8. The van der Waals surface area contributed by atoms with E-state index in [2.05, 4.69) is 35.2 Å². The highest BCUT2D eigenvalue weighted by Crippen LogP contribution is 2.34. The monoisotopic (exact) mass is 603 g/mol. The Labute approximate surface area is 250 Å². The van der Waals surface area contributed by atoms with Crippen LogP contribution in [0.25, 0.3) is 27.7 Å². The Hall–Kier alpha value is -4.51. The molecule has 1 saturated heterocycles. The van der Waals surface area contributed by atoms with E-state index in [-0.39, 0.29) is 17.6 Å². The Balaban J connectivity index is 1.23. The summed E-state index contributed by atoms with van der Waals surface area (Å²) in [6.45, 7) is 6.55. The molecule has 0 unspecified atom stereocenters. The molecule has 0 atom stereocenters. The van der Waals surface area contributed by atoms with Gasteiger partial charge in [-0.2, -0.15) is 5.10 Å². The number of aromatic nitrogens is 2. The van der Waals surface area contributed by atoms with Gasteiger partial charge < -0.3 is 10.2 Å². The highest BCUT2D eigenvalue weighted by Gasteiger charge is 2.32. The molecule has 1 aliphatic heterocycles. The number of thioether (sulfide) groups is 1. The van der Waals surface area contributed by atoms with E-state index < -0.39 is 6.36 Å². The van der Waals surface area contributed by atoms with Crippen LogP contribution in [0.5, 0.6) is 5.75 Å². The highest BCUT2D eigenvalue weighted by molar-refractivity contribution is 8.15. The van der Waals surface area contributed by atoms with Crippen LogP contribution in [0.3, 0.4) is 0 Å². The summed E-state index contributed by atoms with van der Waals surface area (Å²) in [7, 11) is 0. The molecule has 0 saturated carbocycles. The normalized spacial score (nSPS) is 14.9. The van der Waals surface area contributed by atoms with Crippen molar-refractivity contribution in [3.05, 3.63) is 95.8 Å². The summed E-state index contributed by atoms with van der Waals surface area (Å²) in [6.07, 6.45) is -2.83. The number of amides is 1. The third-order valence-corrected chi connectivity index (χ3v) is 8.15. The van der Waals surface area contributed by atoms with Crippen LogP contribution in [0.2, 0.25) is 0 Å². The van der Waals surface area contributed by atoms with Crippen LogP contribution < -0.4 is 15.1 Å². The molecule has 0 bridgehead atoms. The summed E-state index contributed by atoms with van der Waals surface area (Å²) in [4.78, 5) is 19.2. The van der Waals surface area contributed by atoms with Gasteiger partial charge in [0.05, 0.1) is 29.4 Å². The smallest absolute Gasteiger partial charge is 0.406 e. The number of carbonyl (C=O) groups excluding carboxylic acids is 1. The van der Waals surface area contributed by atoms with Crippen molar-refractivity contribution in [1.82, 2.24) is 14.8 Å². The predicted octanol–water partition coefficient (Wildman–Crippen LogP) is 7.63. The fraction of sp³-hybridized carbons (Fsp3) is 0.219. The molecule has 0 radical (unpaired) electrons. The maximum Gasteiger partial charge on any atom is 0.573 e. The summed E-state index contributed by atoms with van der Waals surface area (Å²) in [5.41, 5.74) is 9.14. The van der Waals surface area contributed by atoms with E-state index in [4.69, 9.17) is 4.98 Å². The molecule has 6 rings (SSSR count). The van der Waals surface area contributed by atoms with Crippen LogP contribution in [-0.4, -0.2) is 32.6 Å². The van der Waals surface area contributed by atoms with Gasteiger partial charge in [0.2, 0.25) is 5.91 Å². The van der Waals surface area contributed by atoms with Crippen LogP contribution in [0.15, 0.2) is 84.1 Å². The van der Waals surface area contributed by atoms with Crippen LogP contribution in [0.4, 0.5) is 18.9 Å². The van der Waals surface area contributed by atoms with Crippen LogP contribution >= 0.6 is 11.8 Å². The number of hydrogen-bond acceptors (Lipinski definition) is 6. The summed E-state index contributed by atoms with van der Waals surface area (Å²) in [5.74, 6) is 0.344. The number of anilines is 1. The van der Waals surface area contributed by atoms with E-state index >= 15 is 0 Å². The molecule has 43 heavy (non-hydrogen) atoms. The second-order valence-corrected chi connectivity index (χ2v) is 11.5. The summed E-state index contributed by atoms with van der Waals surface area (Å²) < 4.78 is 43.7. The van der Waals surface area contributed by atoms with Crippen LogP contribution in [0.1, 0.15) is 36.6 Å². The van der Waals surface area contributed by atoms with Crippen LogP contribution in [0, 0.1) is 6.92 Å². The molecule has 1 amide bonds. The third kappa shape index (κ3) is 5.77. The van der Waals surface area contributed by atoms with Gasteiger partial charge in [0.1, 0.15) is 11.4 Å². The average Bonchev–Trinajstić information content (AvgIpc) is 3.51. The lowest BCUT2D eigenvalue weighted by Crippen LogP contribution is -2.31. The molecule has 0 spiro atoms. The molecule has 7 nitrogen and oxygen atoms in total. The van der Waals surface area contributed by atoms with Crippen LogP contribution in [-0.2, 0) is 11.3 Å². The van der Waals surface area contributed by atoms with Crippen molar-refractivity contribution in [3.63, 3.8) is 0 Å². The number of aryl methyl sites for hydroxylation is 1. The van der Waals surface area contributed by atoms with E-state index in [1.54, 1.807) is 17.0 Å². The van der Waals surface area contributed by atoms with Crippen molar-refractivity contribution in [1.29, 1.82) is 0 Å². The summed E-state index contributed by atoms with van der Waals surface area (Å²) in [5, 5.41) is 7.13. The molecule has 5 aromatic rings. The number of benzene rings is 3. The van der Waals surface area contributed by atoms with Gasteiger partial charge in [0.15, 0.2) is 5.17 Å². The Bertz CT molecular complexity index is 1870. The Morgan fingerprint density at radius 3 is 2.58 bits per heavy atom. The number of alkyl halides is 3. The lowest BCUT2D eigenvalue weighted by atomic mass is 10.0. The van der Waals surface area contributed by atoms with Crippen molar-refractivity contribution in [2.24, 2.45) is 5.10 Å². The number of hydrazone groups is 1. The molecule has 1 aliphatic rings. The number of ether oxygens (including phenoxy) is 1. The Morgan fingerprint density at radius 2 is 1.84 bits per heavy atom. The predicted molar refractivity (Wildman–Crippen MR) is 164 cm³/mol. The zero-order valence-corrected chi connectivity index (χ0v) is 24.5. The van der Waals surface area contributed by atoms with Crippen molar-refractivity contribution in [2.75, 3.05) is 10.7 Å². The first-order valence-corrected chi connectivity index (χ1v) is 14.7. The second kappa shape index (κ2) is 11.3. The minimum absolute atomic E-state index is 0.00770. The van der Waals surface area contributed by atoms with Gasteiger partial charge in [-0.05, 0) is 71.8 Å². The fourth-order valence-electron chi connectivity index (χ4n) is 5.32. The van der Waals surface area contributed by atoms with E-state index in [9.17, 15) is 18.0 Å². The first-order chi connectivity index (χ1) is 20.6. The molecule has 220 valence electrons. The minimum atomic E-state index is -4.74. The van der Waals surface area contributed by atoms with Gasteiger partial charge in [0, 0.05) is 17.1 Å². The Kier molecular flexibility index (Phi) is 7.51. The zero-order valence-electron chi connectivity index (χ0n) is 23.6. The number of fused-ring (bicyclic) bond motifs is 3. The molecular weight excluding hydrogens is 575 g/mol. The maximum absolute atomic E-state index is 12.8. The third-order valence-electron chi connectivity index (χ3n) is 7.23. The van der Waals surface area contributed by atoms with E-state index in [1.165, 1.54) is 23.9 Å². The largest absolute Gasteiger partial charge is 0.573 e. The number of amidine groups is 1. The molecule has 3 heterocycles. The zero-order chi connectivity index (χ0) is 30.3. The first-order valence-electron chi connectivity index (χ1n) is 13.7. The number of para-hydroxylation sites is 1. The van der Waals surface area contributed by atoms with Crippen molar-refractivity contribution in [3.8, 4) is 17.0 Å². The quantitative estimate of drug-likeness (QED) is 0.194. The van der Waals surface area contributed by atoms with Gasteiger partial charge in [-0.1, -0.05) is 55.9 Å². The number of imidazole rings is 1. The van der Waals surface area contributed by atoms with Gasteiger partial charge in [-0.15, -0.1) is 13.2 Å². The number of nitrogens with one attached hydrogen (secondary N) is 1. The number of hydrogen-bond donors (Lipinski definition) is 1. The van der Waals surface area contributed by atoms with Gasteiger partial charge in [-0.25, -0.2) is 4.98 Å². The first kappa shape index (κ1) is 28.6. The topological polar surface area (TPSA) is 71.2 Å². The van der Waals surface area contributed by atoms with E-state index in [0.29, 0.717) is 17.5 Å². The number of pyridine rings is 1. The SMILES string of the molecule is Cc1nc2c3ccc(CN/N=C4\SCC(=O)N4c4ccccc4C(C)C)cc3ccn2c1-c1ccc(OC(F)(F)F)cc1. The van der Waals surface area contributed by atoms with Gasteiger partial charge in [0.25, 0.3) is 0 Å². The average molecular weight is 604 g/mol. The van der Waals surface area contributed by atoms with Gasteiger partial charge in [-0.3, -0.25) is 14.1 Å². The molecule has 3 aromatic carbocycles. The van der Waals surface area contributed by atoms with E-state index in [0.717, 1.165) is 50.2 Å². The molecule has 0 aliphatic carbocycles. The number of rotatable bonds is 7. The standard InChI is InChI=1S/C32H28F3N5O2S/c1-19(2)25-6-4-5-7-27(25)40-28(41)18-43-31(40)38-36-17-21-8-13-26-23(16-21)14-15-39-29(20(3)37-30(26)39)22-9-11-24(12-10-22)42-32(33,34)35/h4-16,19,36H,17-18H2,1-3H3/b38-31-. The second-order valence-electron chi connectivity index (χ2n) is 10.5. The molecule has 1 N–H and O–H groups in total. The van der Waals surface area contributed by atoms with Crippen molar-refractivity contribution in [2.45, 2.75) is 39.6 Å². The van der Waals surface area contributed by atoms with Crippen molar-refractivity contribution >= 4 is 44.9 Å². The minimum Gasteiger partial charge on any atom is -0.406 e. The summed E-state index contributed by atoms with van der Waals surface area (Å²) >= 11 is 1.41. The molecule has 11 heteroatoms. The number of carbonyl (C=O) groups is 1. The van der Waals surface area contributed by atoms with Gasteiger partial charge >= 0.3 is 6.36 Å². The lowest BCUT2D eigenvalue weighted by Gasteiger charge is -2.21. The summed E-state index contributed by atoms with van der Waals surface area (Å²) in [6, 6.07) is 21.8. The Morgan fingerprint density at radius 1 is 1.07 bits per heavy atom. The highest BCUT2D eigenvalue weighted by atomic mass is 32.2. The van der Waals surface area contributed by atoms with Crippen molar-refractivity contribution < 1.29 is 22.7 Å². The number of halogens is 3. The molecule has 2 aromatic heterocycles. The fourth-order valence-corrected chi connectivity index (χ4v) is 6.16. The molecular formula is C32H28F3N5O2S. The van der Waals surface area contributed by atoms with E-state index in [1.807, 2.05) is 60.0 Å².